The van der Waals surface area contributed by atoms with Crippen molar-refractivity contribution in [3.63, 3.8) is 0 Å². The van der Waals surface area contributed by atoms with Crippen LogP contribution in [0.1, 0.15) is 24.1 Å². The SMILES string of the molecule is COc1ccc(CN2CCN(CC(=O)NC(C)c3ccccc3)CC2)cc1F. The second kappa shape index (κ2) is 9.66. The van der Waals surface area contributed by atoms with Gasteiger partial charge in [0.25, 0.3) is 0 Å². The van der Waals surface area contributed by atoms with Gasteiger partial charge in [-0.2, -0.15) is 0 Å². The number of amides is 1. The van der Waals surface area contributed by atoms with Gasteiger partial charge in [-0.15, -0.1) is 0 Å². The van der Waals surface area contributed by atoms with Crippen LogP contribution in [-0.4, -0.2) is 55.5 Å². The van der Waals surface area contributed by atoms with Gasteiger partial charge in [-0.25, -0.2) is 4.39 Å². The largest absolute Gasteiger partial charge is 0.494 e. The molecule has 0 aromatic heterocycles. The molecule has 1 unspecified atom stereocenters. The summed E-state index contributed by atoms with van der Waals surface area (Å²) in [6.45, 7) is 6.47. The van der Waals surface area contributed by atoms with Crippen molar-refractivity contribution >= 4 is 5.91 Å². The zero-order chi connectivity index (χ0) is 19.9. The molecule has 1 fully saturated rings. The fourth-order valence-electron chi connectivity index (χ4n) is 3.49. The smallest absolute Gasteiger partial charge is 0.234 e. The van der Waals surface area contributed by atoms with Gasteiger partial charge in [0.1, 0.15) is 0 Å². The first-order valence-corrected chi connectivity index (χ1v) is 9.66. The molecule has 5 nitrogen and oxygen atoms in total. The normalized spacial score (nSPS) is 16.5. The van der Waals surface area contributed by atoms with Crippen molar-refractivity contribution in [2.45, 2.75) is 19.5 Å². The maximum atomic E-state index is 13.8. The first-order chi connectivity index (χ1) is 13.5. The molecule has 1 heterocycles. The van der Waals surface area contributed by atoms with Crippen LogP contribution in [0.15, 0.2) is 48.5 Å². The van der Waals surface area contributed by atoms with E-state index in [0.717, 1.165) is 37.3 Å². The third kappa shape index (κ3) is 5.53. The van der Waals surface area contributed by atoms with Crippen LogP contribution in [0.2, 0.25) is 0 Å². The van der Waals surface area contributed by atoms with E-state index in [1.165, 1.54) is 13.2 Å². The van der Waals surface area contributed by atoms with Crippen molar-refractivity contribution in [2.75, 3.05) is 39.8 Å². The molecule has 0 saturated carbocycles. The zero-order valence-corrected chi connectivity index (χ0v) is 16.5. The number of methoxy groups -OCH3 is 1. The fourth-order valence-corrected chi connectivity index (χ4v) is 3.49. The summed E-state index contributed by atoms with van der Waals surface area (Å²) >= 11 is 0. The van der Waals surface area contributed by atoms with E-state index in [1.54, 1.807) is 6.07 Å². The van der Waals surface area contributed by atoms with Crippen LogP contribution in [0, 0.1) is 5.82 Å². The standard InChI is InChI=1S/C22H28FN3O2/c1-17(19-6-4-3-5-7-19)24-22(27)16-26-12-10-25(11-13-26)15-18-8-9-21(28-2)20(23)14-18/h3-9,14,17H,10-13,15-16H2,1-2H3,(H,24,27). The molecule has 2 aromatic rings. The molecule has 1 saturated heterocycles. The fraction of sp³-hybridized carbons (Fsp3) is 0.409. The van der Waals surface area contributed by atoms with Crippen molar-refractivity contribution in [3.05, 3.63) is 65.5 Å². The Labute approximate surface area is 166 Å². The molecule has 3 rings (SSSR count). The lowest BCUT2D eigenvalue weighted by Gasteiger charge is -2.34. The molecule has 1 N–H and O–H groups in total. The highest BCUT2D eigenvalue weighted by Crippen LogP contribution is 2.19. The van der Waals surface area contributed by atoms with Crippen molar-refractivity contribution in [2.24, 2.45) is 0 Å². The van der Waals surface area contributed by atoms with Gasteiger partial charge in [-0.1, -0.05) is 36.4 Å². The molecule has 6 heteroatoms. The van der Waals surface area contributed by atoms with Gasteiger partial charge >= 0.3 is 0 Å². The van der Waals surface area contributed by atoms with Gasteiger partial charge in [0, 0.05) is 32.7 Å². The molecule has 1 aliphatic rings. The summed E-state index contributed by atoms with van der Waals surface area (Å²) in [5.74, 6) is -0.0193. The second-order valence-corrected chi connectivity index (χ2v) is 7.22. The minimum atomic E-state index is -0.331. The summed E-state index contributed by atoms with van der Waals surface area (Å²) in [5, 5.41) is 3.06. The van der Waals surface area contributed by atoms with E-state index in [9.17, 15) is 9.18 Å². The Balaban J connectivity index is 1.42. The summed E-state index contributed by atoms with van der Waals surface area (Å²) < 4.78 is 18.8. The Morgan fingerprint density at radius 1 is 1.11 bits per heavy atom. The number of ether oxygens (including phenoxy) is 1. The summed E-state index contributed by atoms with van der Waals surface area (Å²) in [7, 11) is 1.47. The average molecular weight is 385 g/mol. The number of nitrogens with one attached hydrogen (secondary N) is 1. The van der Waals surface area contributed by atoms with Crippen molar-refractivity contribution in [1.82, 2.24) is 15.1 Å². The predicted molar refractivity (Wildman–Crippen MR) is 108 cm³/mol. The third-order valence-corrected chi connectivity index (χ3v) is 5.13. The van der Waals surface area contributed by atoms with E-state index < -0.39 is 0 Å². The topological polar surface area (TPSA) is 44.8 Å². The van der Waals surface area contributed by atoms with Gasteiger partial charge in [0.2, 0.25) is 5.91 Å². The molecule has 0 spiro atoms. The highest BCUT2D eigenvalue weighted by molar-refractivity contribution is 5.78. The van der Waals surface area contributed by atoms with E-state index in [4.69, 9.17) is 4.74 Å². The number of rotatable bonds is 7. The molecule has 1 aliphatic heterocycles. The van der Waals surface area contributed by atoms with E-state index >= 15 is 0 Å². The van der Waals surface area contributed by atoms with Gasteiger partial charge in [-0.3, -0.25) is 14.6 Å². The monoisotopic (exact) mass is 385 g/mol. The first-order valence-electron chi connectivity index (χ1n) is 9.66. The number of hydrogen-bond donors (Lipinski definition) is 1. The summed E-state index contributed by atoms with van der Waals surface area (Å²) in [4.78, 5) is 16.8. The van der Waals surface area contributed by atoms with Gasteiger partial charge in [-0.05, 0) is 30.2 Å². The maximum Gasteiger partial charge on any atom is 0.234 e. The predicted octanol–water partition coefficient (Wildman–Crippen LogP) is 2.83. The molecule has 0 radical (unpaired) electrons. The third-order valence-electron chi connectivity index (χ3n) is 5.13. The van der Waals surface area contributed by atoms with Crippen LogP contribution in [0.3, 0.4) is 0 Å². The summed E-state index contributed by atoms with van der Waals surface area (Å²) in [6, 6.07) is 15.1. The molecule has 1 atom stereocenters. The lowest BCUT2D eigenvalue weighted by Crippen LogP contribution is -2.49. The minimum absolute atomic E-state index is 0.0000393. The van der Waals surface area contributed by atoms with Gasteiger partial charge in [0.15, 0.2) is 11.6 Å². The Bertz CT molecular complexity index is 777. The minimum Gasteiger partial charge on any atom is -0.494 e. The molecular weight excluding hydrogens is 357 g/mol. The average Bonchev–Trinajstić information content (AvgIpc) is 2.70. The van der Waals surface area contributed by atoms with E-state index in [1.807, 2.05) is 43.3 Å². The molecular formula is C22H28FN3O2. The Kier molecular flexibility index (Phi) is 7.01. The zero-order valence-electron chi connectivity index (χ0n) is 16.5. The molecule has 1 amide bonds. The second-order valence-electron chi connectivity index (χ2n) is 7.22. The van der Waals surface area contributed by atoms with Gasteiger partial charge < -0.3 is 10.1 Å². The van der Waals surface area contributed by atoms with Crippen LogP contribution in [-0.2, 0) is 11.3 Å². The molecule has 150 valence electrons. The van der Waals surface area contributed by atoms with E-state index in [0.29, 0.717) is 13.1 Å². The van der Waals surface area contributed by atoms with Crippen LogP contribution in [0.25, 0.3) is 0 Å². The van der Waals surface area contributed by atoms with Crippen LogP contribution < -0.4 is 10.1 Å². The van der Waals surface area contributed by atoms with E-state index in [2.05, 4.69) is 15.1 Å². The van der Waals surface area contributed by atoms with Gasteiger partial charge in [0.05, 0.1) is 19.7 Å². The van der Waals surface area contributed by atoms with Crippen molar-refractivity contribution < 1.29 is 13.9 Å². The number of carbonyl (C=O) groups excluding carboxylic acids is 1. The lowest BCUT2D eigenvalue weighted by atomic mass is 10.1. The Morgan fingerprint density at radius 3 is 2.43 bits per heavy atom. The maximum absolute atomic E-state index is 13.8. The number of halogens is 1. The molecule has 0 bridgehead atoms. The van der Waals surface area contributed by atoms with Crippen LogP contribution >= 0.6 is 0 Å². The number of carbonyl (C=O) groups is 1. The van der Waals surface area contributed by atoms with Crippen molar-refractivity contribution in [1.29, 1.82) is 0 Å². The number of nitrogens with zero attached hydrogens (tertiary/aromatic N) is 2. The highest BCUT2D eigenvalue weighted by atomic mass is 19.1. The van der Waals surface area contributed by atoms with Crippen LogP contribution in [0.5, 0.6) is 5.75 Å². The highest BCUT2D eigenvalue weighted by Gasteiger charge is 2.20. The molecule has 28 heavy (non-hydrogen) atoms. The summed E-state index contributed by atoms with van der Waals surface area (Å²) in [5.41, 5.74) is 2.04. The number of piperazine rings is 1. The van der Waals surface area contributed by atoms with E-state index in [-0.39, 0.29) is 23.5 Å². The van der Waals surface area contributed by atoms with Crippen LogP contribution in [0.4, 0.5) is 4.39 Å². The quantitative estimate of drug-likeness (QED) is 0.796. The lowest BCUT2D eigenvalue weighted by molar-refractivity contribution is -0.123. The number of benzene rings is 2. The Morgan fingerprint density at radius 2 is 1.79 bits per heavy atom. The molecule has 0 aliphatic carbocycles. The Hall–Kier alpha value is -2.44. The molecule has 2 aromatic carbocycles. The van der Waals surface area contributed by atoms with Crippen molar-refractivity contribution in [3.8, 4) is 5.75 Å². The summed E-state index contributed by atoms with van der Waals surface area (Å²) in [6.07, 6.45) is 0. The first kappa shape index (κ1) is 20.3. The number of hydrogen-bond acceptors (Lipinski definition) is 4.